The molecule has 0 aliphatic heterocycles. The normalized spacial score (nSPS) is 12.2. The molecule has 11 heteroatoms. The van der Waals surface area contributed by atoms with Gasteiger partial charge >= 0.3 is 0 Å². The van der Waals surface area contributed by atoms with Crippen LogP contribution in [0.2, 0.25) is 15.1 Å². The highest BCUT2D eigenvalue weighted by atomic mass is 35.5. The van der Waals surface area contributed by atoms with E-state index >= 15 is 0 Å². The molecule has 186 valence electrons. The maximum Gasteiger partial charge on any atom is 0.244 e. The highest BCUT2D eigenvalue weighted by Gasteiger charge is 2.30. The van der Waals surface area contributed by atoms with E-state index in [0.717, 1.165) is 23.4 Å². The summed E-state index contributed by atoms with van der Waals surface area (Å²) < 4.78 is 26.0. The van der Waals surface area contributed by atoms with Gasteiger partial charge in [0, 0.05) is 18.1 Å². The predicted molar refractivity (Wildman–Crippen MR) is 138 cm³/mol. The number of unbranched alkanes of at least 4 members (excludes halogenated alkanes) is 1. The molecule has 0 heterocycles. The first-order valence-electron chi connectivity index (χ1n) is 10.7. The van der Waals surface area contributed by atoms with Crippen LogP contribution in [-0.4, -0.2) is 50.5 Å². The van der Waals surface area contributed by atoms with Crippen molar-refractivity contribution >= 4 is 62.3 Å². The van der Waals surface area contributed by atoms with E-state index in [-0.39, 0.29) is 18.1 Å². The van der Waals surface area contributed by atoms with Gasteiger partial charge in [0.05, 0.1) is 22.0 Å². The smallest absolute Gasteiger partial charge is 0.244 e. The lowest BCUT2D eigenvalue weighted by Crippen LogP contribution is -2.51. The molecule has 0 saturated heterocycles. The van der Waals surface area contributed by atoms with Crippen LogP contribution in [0, 0.1) is 0 Å². The number of hydrogen-bond donors (Lipinski definition) is 1. The summed E-state index contributed by atoms with van der Waals surface area (Å²) in [5, 5.41) is 3.81. The minimum Gasteiger partial charge on any atom is -0.354 e. The zero-order valence-corrected chi connectivity index (χ0v) is 22.3. The van der Waals surface area contributed by atoms with Crippen LogP contribution in [0.25, 0.3) is 0 Å². The van der Waals surface area contributed by atoms with Gasteiger partial charge in [-0.1, -0.05) is 60.3 Å². The predicted octanol–water partition coefficient (Wildman–Crippen LogP) is 4.75. The van der Waals surface area contributed by atoms with Gasteiger partial charge in [0.15, 0.2) is 0 Å². The lowest BCUT2D eigenvalue weighted by Gasteiger charge is -2.31. The number of nitrogens with one attached hydrogen (secondary N) is 1. The second-order valence-electron chi connectivity index (χ2n) is 7.84. The average Bonchev–Trinajstić information content (AvgIpc) is 2.76. The minimum atomic E-state index is -3.82. The van der Waals surface area contributed by atoms with Crippen LogP contribution in [-0.2, 0) is 26.2 Å². The summed E-state index contributed by atoms with van der Waals surface area (Å²) in [7, 11) is -3.82. The van der Waals surface area contributed by atoms with Gasteiger partial charge in [0.25, 0.3) is 0 Å². The van der Waals surface area contributed by atoms with Gasteiger partial charge < -0.3 is 10.2 Å². The summed E-state index contributed by atoms with van der Waals surface area (Å²) in [5.41, 5.74) is 0.891. The zero-order valence-electron chi connectivity index (χ0n) is 19.2. The average molecular weight is 549 g/mol. The van der Waals surface area contributed by atoms with E-state index < -0.39 is 28.5 Å². The second-order valence-corrected chi connectivity index (χ2v) is 11.0. The summed E-state index contributed by atoms with van der Waals surface area (Å²) in [4.78, 5) is 27.5. The molecule has 0 aliphatic carbocycles. The molecule has 0 aromatic heterocycles. The summed E-state index contributed by atoms with van der Waals surface area (Å²) in [6, 6.07) is 10.2. The van der Waals surface area contributed by atoms with E-state index in [1.54, 1.807) is 43.3 Å². The topological polar surface area (TPSA) is 86.8 Å². The summed E-state index contributed by atoms with van der Waals surface area (Å²) >= 11 is 18.2. The molecule has 0 saturated carbocycles. The number of sulfonamides is 1. The Morgan fingerprint density at radius 3 is 2.35 bits per heavy atom. The molecule has 0 spiro atoms. The number of carbonyl (C=O) groups is 2. The van der Waals surface area contributed by atoms with Gasteiger partial charge in [-0.05, 0) is 49.2 Å². The molecule has 7 nitrogen and oxygen atoms in total. The number of carbonyl (C=O) groups excluding carboxylic acids is 2. The standard InChI is InChI=1S/C23H28Cl3N3O4S/c1-4-5-11-27-23(31)16(2)28(14-17-9-10-20(25)21(26)12-17)22(30)15-29(34(3,32)33)19-8-6-7-18(24)13-19/h6-10,12-13,16H,4-5,11,14-15H2,1-3H3,(H,27,31)/t16-/m0/s1. The SMILES string of the molecule is CCCCNC(=O)[C@H](C)N(Cc1ccc(Cl)c(Cl)c1)C(=O)CN(c1cccc(Cl)c1)S(C)(=O)=O. The third kappa shape index (κ3) is 8.05. The minimum absolute atomic E-state index is 0.0330. The number of hydrogen-bond acceptors (Lipinski definition) is 4. The molecule has 34 heavy (non-hydrogen) atoms. The molecule has 2 aromatic carbocycles. The van der Waals surface area contributed by atoms with E-state index in [1.807, 2.05) is 6.92 Å². The number of benzene rings is 2. The Hall–Kier alpha value is -2.00. The molecular weight excluding hydrogens is 521 g/mol. The Bertz CT molecular complexity index is 1130. The first-order valence-corrected chi connectivity index (χ1v) is 13.7. The van der Waals surface area contributed by atoms with Crippen LogP contribution in [0.3, 0.4) is 0 Å². The number of rotatable bonds is 11. The third-order valence-corrected chi connectivity index (χ3v) is 7.22. The van der Waals surface area contributed by atoms with Crippen molar-refractivity contribution in [1.82, 2.24) is 10.2 Å². The van der Waals surface area contributed by atoms with Crippen molar-refractivity contribution in [1.29, 1.82) is 0 Å². The zero-order chi connectivity index (χ0) is 25.5. The van der Waals surface area contributed by atoms with Crippen molar-refractivity contribution in [2.24, 2.45) is 0 Å². The molecule has 2 amide bonds. The maximum atomic E-state index is 13.4. The van der Waals surface area contributed by atoms with Crippen molar-refractivity contribution in [2.75, 3.05) is 23.7 Å². The van der Waals surface area contributed by atoms with E-state index in [2.05, 4.69) is 5.32 Å². The summed E-state index contributed by atoms with van der Waals surface area (Å²) in [5.74, 6) is -0.898. The van der Waals surface area contributed by atoms with Gasteiger partial charge in [-0.25, -0.2) is 8.42 Å². The number of amides is 2. The van der Waals surface area contributed by atoms with Crippen LogP contribution in [0.1, 0.15) is 32.3 Å². The third-order valence-electron chi connectivity index (χ3n) is 5.11. The fourth-order valence-electron chi connectivity index (χ4n) is 3.20. The quantitative estimate of drug-likeness (QED) is 0.411. The molecule has 0 bridgehead atoms. The molecule has 0 unspecified atom stereocenters. The molecule has 2 aromatic rings. The first-order chi connectivity index (χ1) is 15.9. The second kappa shape index (κ2) is 12.6. The summed E-state index contributed by atoms with van der Waals surface area (Å²) in [6.45, 7) is 3.61. The molecule has 1 N–H and O–H groups in total. The van der Waals surface area contributed by atoms with E-state index in [4.69, 9.17) is 34.8 Å². The van der Waals surface area contributed by atoms with Crippen LogP contribution in [0.15, 0.2) is 42.5 Å². The molecule has 0 fully saturated rings. The highest BCUT2D eigenvalue weighted by molar-refractivity contribution is 7.92. The summed E-state index contributed by atoms with van der Waals surface area (Å²) in [6.07, 6.45) is 2.71. The van der Waals surface area contributed by atoms with Crippen molar-refractivity contribution in [3.63, 3.8) is 0 Å². The Labute approximate surface area is 216 Å². The van der Waals surface area contributed by atoms with Crippen LogP contribution in [0.4, 0.5) is 5.69 Å². The van der Waals surface area contributed by atoms with Crippen molar-refractivity contribution < 1.29 is 18.0 Å². The van der Waals surface area contributed by atoms with Gasteiger partial charge in [-0.15, -0.1) is 0 Å². The lowest BCUT2D eigenvalue weighted by atomic mass is 10.1. The van der Waals surface area contributed by atoms with Crippen molar-refractivity contribution in [3.05, 3.63) is 63.1 Å². The van der Waals surface area contributed by atoms with E-state index in [0.29, 0.717) is 27.2 Å². The number of nitrogens with zero attached hydrogens (tertiary/aromatic N) is 2. The van der Waals surface area contributed by atoms with Crippen molar-refractivity contribution in [3.8, 4) is 0 Å². The van der Waals surface area contributed by atoms with E-state index in [9.17, 15) is 18.0 Å². The van der Waals surface area contributed by atoms with Gasteiger partial charge in [-0.3, -0.25) is 13.9 Å². The molecule has 2 rings (SSSR count). The molecular formula is C23H28Cl3N3O4S. The number of halogens is 3. The van der Waals surface area contributed by atoms with Crippen LogP contribution in [0.5, 0.6) is 0 Å². The molecule has 0 radical (unpaired) electrons. The number of anilines is 1. The monoisotopic (exact) mass is 547 g/mol. The van der Waals surface area contributed by atoms with Crippen LogP contribution >= 0.6 is 34.8 Å². The van der Waals surface area contributed by atoms with Gasteiger partial charge in [0.2, 0.25) is 21.8 Å². The Kier molecular flexibility index (Phi) is 10.5. The Morgan fingerprint density at radius 1 is 1.06 bits per heavy atom. The first kappa shape index (κ1) is 28.2. The maximum absolute atomic E-state index is 13.4. The fourth-order valence-corrected chi connectivity index (χ4v) is 4.55. The van der Waals surface area contributed by atoms with Crippen molar-refractivity contribution in [2.45, 2.75) is 39.3 Å². The fraction of sp³-hybridized carbons (Fsp3) is 0.391. The Balaban J connectivity index is 2.37. The van der Waals surface area contributed by atoms with Crippen LogP contribution < -0.4 is 9.62 Å². The van der Waals surface area contributed by atoms with Gasteiger partial charge in [0.1, 0.15) is 12.6 Å². The molecule has 1 atom stereocenters. The van der Waals surface area contributed by atoms with E-state index in [1.165, 1.54) is 11.0 Å². The molecule has 0 aliphatic rings. The van der Waals surface area contributed by atoms with Gasteiger partial charge in [-0.2, -0.15) is 0 Å². The Morgan fingerprint density at radius 2 is 1.76 bits per heavy atom. The largest absolute Gasteiger partial charge is 0.354 e. The lowest BCUT2D eigenvalue weighted by molar-refractivity contribution is -0.139. The highest BCUT2D eigenvalue weighted by Crippen LogP contribution is 2.25.